The zero-order valence-electron chi connectivity index (χ0n) is 12.8. The molecule has 1 aromatic rings. The van der Waals surface area contributed by atoms with E-state index in [9.17, 15) is 9.90 Å². The monoisotopic (exact) mass is 281 g/mol. The van der Waals surface area contributed by atoms with Gasteiger partial charge in [-0.1, -0.05) is 13.0 Å². The first-order chi connectivity index (χ1) is 9.36. The van der Waals surface area contributed by atoms with E-state index in [0.717, 1.165) is 5.56 Å². The predicted octanol–water partition coefficient (Wildman–Crippen LogP) is 2.39. The summed E-state index contributed by atoms with van der Waals surface area (Å²) in [5.41, 5.74) is 0.0703. The van der Waals surface area contributed by atoms with Crippen molar-refractivity contribution in [3.05, 3.63) is 23.8 Å². The van der Waals surface area contributed by atoms with Crippen LogP contribution in [0.2, 0.25) is 0 Å². The third-order valence-corrected chi connectivity index (χ3v) is 3.52. The number of carbonyl (C=O) groups is 1. The Hall–Kier alpha value is -1.75. The molecule has 0 aliphatic carbocycles. The molecule has 1 N–H and O–H groups in total. The van der Waals surface area contributed by atoms with Gasteiger partial charge in [-0.2, -0.15) is 0 Å². The Morgan fingerprint density at radius 1 is 1.25 bits per heavy atom. The lowest BCUT2D eigenvalue weighted by Crippen LogP contribution is -2.49. The Kier molecular flexibility index (Phi) is 5.39. The van der Waals surface area contributed by atoms with Gasteiger partial charge in [-0.15, -0.1) is 0 Å². The molecule has 112 valence electrons. The molecule has 0 heterocycles. The summed E-state index contributed by atoms with van der Waals surface area (Å²) in [5.74, 6) is 0.478. The topological polar surface area (TPSA) is 59.0 Å². The molecule has 0 spiro atoms. The largest absolute Gasteiger partial charge is 0.493 e. The lowest BCUT2D eigenvalue weighted by atomic mass is 10.0. The van der Waals surface area contributed by atoms with Crippen molar-refractivity contribution in [2.75, 3.05) is 20.8 Å². The van der Waals surface area contributed by atoms with Gasteiger partial charge >= 0.3 is 5.97 Å². The number of carboxylic acids is 1. The standard InChI is InChI=1S/C15H23NO4/c1-6-16(15(2,3)14(17)18)10-11-7-8-12(19-4)13(9-11)20-5/h7-9H,6,10H2,1-5H3,(H,17,18). The summed E-state index contributed by atoms with van der Waals surface area (Å²) in [6, 6.07) is 5.62. The number of ether oxygens (including phenoxy) is 2. The van der Waals surface area contributed by atoms with E-state index in [1.807, 2.05) is 30.0 Å². The molecule has 0 radical (unpaired) electrons. The molecule has 1 aromatic carbocycles. The second kappa shape index (κ2) is 6.61. The van der Waals surface area contributed by atoms with Gasteiger partial charge < -0.3 is 14.6 Å². The molecular weight excluding hydrogens is 258 g/mol. The highest BCUT2D eigenvalue weighted by Gasteiger charge is 2.33. The first kappa shape index (κ1) is 16.3. The van der Waals surface area contributed by atoms with Crippen molar-refractivity contribution in [2.45, 2.75) is 32.9 Å². The highest BCUT2D eigenvalue weighted by Crippen LogP contribution is 2.29. The summed E-state index contributed by atoms with van der Waals surface area (Å²) in [6.07, 6.45) is 0. The summed E-state index contributed by atoms with van der Waals surface area (Å²) in [7, 11) is 3.17. The van der Waals surface area contributed by atoms with E-state index >= 15 is 0 Å². The molecule has 1 rings (SSSR count). The number of benzene rings is 1. The van der Waals surface area contributed by atoms with Crippen molar-refractivity contribution in [1.29, 1.82) is 0 Å². The highest BCUT2D eigenvalue weighted by molar-refractivity contribution is 5.77. The summed E-state index contributed by atoms with van der Waals surface area (Å²) in [4.78, 5) is 13.2. The van der Waals surface area contributed by atoms with Gasteiger partial charge in [-0.25, -0.2) is 0 Å². The van der Waals surface area contributed by atoms with E-state index in [-0.39, 0.29) is 0 Å². The normalized spacial score (nSPS) is 11.5. The van der Waals surface area contributed by atoms with Gasteiger partial charge in [0.2, 0.25) is 0 Å². The molecule has 0 unspecified atom stereocenters. The number of methoxy groups -OCH3 is 2. The number of carboxylic acid groups (broad SMARTS) is 1. The fourth-order valence-corrected chi connectivity index (χ4v) is 2.04. The molecule has 0 aromatic heterocycles. The molecule has 0 amide bonds. The molecule has 5 nitrogen and oxygen atoms in total. The summed E-state index contributed by atoms with van der Waals surface area (Å²) >= 11 is 0. The van der Waals surface area contributed by atoms with Crippen LogP contribution in [0, 0.1) is 0 Å². The minimum Gasteiger partial charge on any atom is -0.493 e. The molecule has 20 heavy (non-hydrogen) atoms. The molecule has 0 aliphatic heterocycles. The average Bonchev–Trinajstić information content (AvgIpc) is 2.43. The minimum absolute atomic E-state index is 0.538. The Morgan fingerprint density at radius 3 is 2.30 bits per heavy atom. The van der Waals surface area contributed by atoms with Crippen LogP contribution in [0.5, 0.6) is 11.5 Å². The maximum absolute atomic E-state index is 11.3. The first-order valence-electron chi connectivity index (χ1n) is 6.56. The van der Waals surface area contributed by atoms with Crippen molar-refractivity contribution in [2.24, 2.45) is 0 Å². The summed E-state index contributed by atoms with van der Waals surface area (Å²) in [6.45, 7) is 6.55. The molecule has 0 saturated carbocycles. The Labute approximate surface area is 120 Å². The van der Waals surface area contributed by atoms with Crippen LogP contribution in [0.3, 0.4) is 0 Å². The van der Waals surface area contributed by atoms with E-state index in [0.29, 0.717) is 24.6 Å². The van der Waals surface area contributed by atoms with Crippen LogP contribution < -0.4 is 9.47 Å². The van der Waals surface area contributed by atoms with Gasteiger partial charge in [0.15, 0.2) is 11.5 Å². The van der Waals surface area contributed by atoms with Gasteiger partial charge in [0.05, 0.1) is 14.2 Å². The zero-order valence-corrected chi connectivity index (χ0v) is 12.8. The maximum atomic E-state index is 11.3. The number of hydrogen-bond acceptors (Lipinski definition) is 4. The highest BCUT2D eigenvalue weighted by atomic mass is 16.5. The van der Waals surface area contributed by atoms with Gasteiger partial charge in [0, 0.05) is 6.54 Å². The lowest BCUT2D eigenvalue weighted by molar-refractivity contribution is -0.149. The van der Waals surface area contributed by atoms with Gasteiger partial charge in [0.1, 0.15) is 5.54 Å². The van der Waals surface area contributed by atoms with Crippen LogP contribution in [0.25, 0.3) is 0 Å². The number of likely N-dealkylation sites (N-methyl/N-ethyl adjacent to an activating group) is 1. The molecule has 5 heteroatoms. The van der Waals surface area contributed by atoms with Crippen molar-refractivity contribution < 1.29 is 19.4 Å². The fourth-order valence-electron chi connectivity index (χ4n) is 2.04. The Morgan fingerprint density at radius 2 is 1.85 bits per heavy atom. The summed E-state index contributed by atoms with van der Waals surface area (Å²) in [5, 5.41) is 9.32. The fraction of sp³-hybridized carbons (Fsp3) is 0.533. The zero-order chi connectivity index (χ0) is 15.3. The van der Waals surface area contributed by atoms with Crippen LogP contribution in [0.1, 0.15) is 26.3 Å². The van der Waals surface area contributed by atoms with Gasteiger partial charge in [-0.3, -0.25) is 9.69 Å². The number of nitrogens with zero attached hydrogens (tertiary/aromatic N) is 1. The van der Waals surface area contributed by atoms with Crippen molar-refractivity contribution >= 4 is 5.97 Å². The Balaban J connectivity index is 2.99. The van der Waals surface area contributed by atoms with E-state index in [1.54, 1.807) is 28.1 Å². The van der Waals surface area contributed by atoms with Gasteiger partial charge in [-0.05, 0) is 38.1 Å². The first-order valence-corrected chi connectivity index (χ1v) is 6.56. The second-order valence-electron chi connectivity index (χ2n) is 5.07. The molecule has 0 atom stereocenters. The van der Waals surface area contributed by atoms with Crippen molar-refractivity contribution in [3.63, 3.8) is 0 Å². The smallest absolute Gasteiger partial charge is 0.323 e. The SMILES string of the molecule is CCN(Cc1ccc(OC)c(OC)c1)C(C)(C)C(=O)O. The van der Waals surface area contributed by atoms with E-state index < -0.39 is 11.5 Å². The van der Waals surface area contributed by atoms with Crippen LogP contribution in [0.15, 0.2) is 18.2 Å². The van der Waals surface area contributed by atoms with E-state index in [4.69, 9.17) is 9.47 Å². The third-order valence-electron chi connectivity index (χ3n) is 3.52. The second-order valence-corrected chi connectivity index (χ2v) is 5.07. The van der Waals surface area contributed by atoms with E-state index in [1.165, 1.54) is 0 Å². The molecule has 0 bridgehead atoms. The van der Waals surface area contributed by atoms with Crippen molar-refractivity contribution in [1.82, 2.24) is 4.90 Å². The molecule has 0 saturated heterocycles. The molecule has 0 fully saturated rings. The number of hydrogen-bond donors (Lipinski definition) is 1. The van der Waals surface area contributed by atoms with Crippen LogP contribution in [0.4, 0.5) is 0 Å². The maximum Gasteiger partial charge on any atom is 0.323 e. The minimum atomic E-state index is -0.915. The summed E-state index contributed by atoms with van der Waals surface area (Å²) < 4.78 is 10.5. The van der Waals surface area contributed by atoms with Gasteiger partial charge in [0.25, 0.3) is 0 Å². The molecule has 0 aliphatic rings. The number of aliphatic carboxylic acids is 1. The Bertz CT molecular complexity index is 471. The van der Waals surface area contributed by atoms with Crippen LogP contribution >= 0.6 is 0 Å². The van der Waals surface area contributed by atoms with Crippen LogP contribution in [-0.4, -0.2) is 42.3 Å². The van der Waals surface area contributed by atoms with Crippen molar-refractivity contribution in [3.8, 4) is 11.5 Å². The van der Waals surface area contributed by atoms with E-state index in [2.05, 4.69) is 0 Å². The number of rotatable bonds is 7. The predicted molar refractivity (Wildman–Crippen MR) is 77.3 cm³/mol. The average molecular weight is 281 g/mol. The lowest BCUT2D eigenvalue weighted by Gasteiger charge is -2.34. The quantitative estimate of drug-likeness (QED) is 0.831. The molecular formula is C15H23NO4. The van der Waals surface area contributed by atoms with Crippen LogP contribution in [-0.2, 0) is 11.3 Å². The third kappa shape index (κ3) is 3.42.